The number of sulfonamides is 1. The quantitative estimate of drug-likeness (QED) is 0.528. The Hall–Kier alpha value is -3.35. The number of hydrogen-bond donors (Lipinski definition) is 1. The van der Waals surface area contributed by atoms with Crippen LogP contribution >= 0.6 is 0 Å². The highest BCUT2D eigenvalue weighted by Crippen LogP contribution is 2.41. The molecule has 0 unspecified atom stereocenters. The first kappa shape index (κ1) is 23.4. The van der Waals surface area contributed by atoms with Crippen molar-refractivity contribution >= 4 is 32.6 Å². The first-order valence-corrected chi connectivity index (χ1v) is 12.6. The second kappa shape index (κ2) is 8.40. The number of alkyl halides is 3. The Labute approximate surface area is 199 Å². The molecule has 1 fully saturated rings. The lowest BCUT2D eigenvalue weighted by Crippen LogP contribution is -2.26. The van der Waals surface area contributed by atoms with Gasteiger partial charge in [-0.05, 0) is 32.4 Å². The third-order valence-corrected chi connectivity index (χ3v) is 7.76. The van der Waals surface area contributed by atoms with Crippen molar-refractivity contribution in [3.05, 3.63) is 41.1 Å². The van der Waals surface area contributed by atoms with E-state index < -0.39 is 27.8 Å². The van der Waals surface area contributed by atoms with E-state index in [1.54, 1.807) is 26.0 Å². The van der Waals surface area contributed by atoms with Crippen LogP contribution in [-0.2, 0) is 16.2 Å². The molecule has 0 amide bonds. The highest BCUT2D eigenvalue weighted by molar-refractivity contribution is 7.93. The van der Waals surface area contributed by atoms with Crippen LogP contribution in [0.4, 0.5) is 24.8 Å². The number of halogens is 3. The van der Waals surface area contributed by atoms with E-state index in [2.05, 4.69) is 20.3 Å². The van der Waals surface area contributed by atoms with Gasteiger partial charge in [0, 0.05) is 17.5 Å². The van der Waals surface area contributed by atoms with Crippen molar-refractivity contribution in [1.29, 1.82) is 0 Å². The Morgan fingerprint density at radius 2 is 1.91 bits per heavy atom. The molecule has 13 heteroatoms. The SMILES string of the molecule is Cc1nc(N2CCCS2(=O)=O)cc2c3nc(nc12)OCCOc1c(cccc1C(F)(F)F)[C@@H](C)N3. The predicted octanol–water partition coefficient (Wildman–Crippen LogP) is 3.84. The summed E-state index contributed by atoms with van der Waals surface area (Å²) in [7, 11) is -3.48. The molecule has 186 valence electrons. The van der Waals surface area contributed by atoms with Crippen LogP contribution in [0.2, 0.25) is 0 Å². The van der Waals surface area contributed by atoms with Gasteiger partial charge in [-0.3, -0.25) is 4.31 Å². The van der Waals surface area contributed by atoms with Crippen LogP contribution in [0, 0.1) is 6.92 Å². The normalized spacial score (nSPS) is 19.8. The second-order valence-corrected chi connectivity index (χ2v) is 10.4. The minimum absolute atomic E-state index is 0.00393. The van der Waals surface area contributed by atoms with Crippen LogP contribution in [0.15, 0.2) is 24.3 Å². The lowest BCUT2D eigenvalue weighted by atomic mass is 10.0. The molecule has 0 aliphatic carbocycles. The molecule has 1 atom stereocenters. The van der Waals surface area contributed by atoms with Crippen molar-refractivity contribution in [3.8, 4) is 11.8 Å². The van der Waals surface area contributed by atoms with Crippen molar-refractivity contribution in [2.75, 3.05) is 35.1 Å². The summed E-state index contributed by atoms with van der Waals surface area (Å²) < 4.78 is 78.3. The summed E-state index contributed by atoms with van der Waals surface area (Å²) in [6, 6.07) is 4.79. The number of hydrogen-bond acceptors (Lipinski definition) is 8. The molecule has 1 aromatic carbocycles. The van der Waals surface area contributed by atoms with Crippen LogP contribution in [0.25, 0.3) is 10.9 Å². The number of ether oxygens (including phenoxy) is 2. The summed E-state index contributed by atoms with van der Waals surface area (Å²) in [5.41, 5.74) is 0.318. The maximum absolute atomic E-state index is 13.7. The maximum Gasteiger partial charge on any atom is 0.419 e. The van der Waals surface area contributed by atoms with Gasteiger partial charge in [-0.25, -0.2) is 13.4 Å². The average Bonchev–Trinajstić information content (AvgIpc) is 3.14. The fourth-order valence-corrected chi connectivity index (χ4v) is 5.79. The zero-order chi connectivity index (χ0) is 25.0. The van der Waals surface area contributed by atoms with Crippen molar-refractivity contribution in [1.82, 2.24) is 15.0 Å². The zero-order valence-electron chi connectivity index (χ0n) is 18.9. The monoisotopic (exact) mass is 509 g/mol. The lowest BCUT2D eigenvalue weighted by Gasteiger charge is -2.22. The van der Waals surface area contributed by atoms with Gasteiger partial charge in [-0.1, -0.05) is 12.1 Å². The van der Waals surface area contributed by atoms with E-state index in [9.17, 15) is 21.6 Å². The van der Waals surface area contributed by atoms with Crippen molar-refractivity contribution in [3.63, 3.8) is 0 Å². The number of benzene rings is 1. The highest BCUT2D eigenvalue weighted by atomic mass is 32.2. The Bertz CT molecular complexity index is 1410. The van der Waals surface area contributed by atoms with Crippen LogP contribution in [0.1, 0.15) is 36.2 Å². The number of nitrogens with zero attached hydrogens (tertiary/aromatic N) is 4. The number of aryl methyl sites for hydroxylation is 1. The number of anilines is 2. The minimum Gasteiger partial charge on any atom is -0.489 e. The summed E-state index contributed by atoms with van der Waals surface area (Å²) in [5.74, 6) is 0.284. The Morgan fingerprint density at radius 3 is 2.63 bits per heavy atom. The smallest absolute Gasteiger partial charge is 0.419 e. The maximum atomic E-state index is 13.7. The van der Waals surface area contributed by atoms with Crippen LogP contribution in [-0.4, -0.2) is 48.9 Å². The molecule has 1 saturated heterocycles. The number of aromatic nitrogens is 3. The molecule has 1 N–H and O–H groups in total. The number of pyridine rings is 1. The molecular weight excluding hydrogens is 487 g/mol. The number of fused-ring (bicyclic) bond motifs is 5. The van der Waals surface area contributed by atoms with Gasteiger partial charge in [-0.15, -0.1) is 0 Å². The molecule has 3 aromatic rings. The fourth-order valence-electron chi connectivity index (χ4n) is 4.29. The van der Waals surface area contributed by atoms with Crippen molar-refractivity contribution in [2.45, 2.75) is 32.5 Å². The summed E-state index contributed by atoms with van der Waals surface area (Å²) in [6.45, 7) is 3.47. The van der Waals surface area contributed by atoms with E-state index in [-0.39, 0.29) is 42.4 Å². The average molecular weight is 510 g/mol. The summed E-state index contributed by atoms with van der Waals surface area (Å²) in [6.07, 6.45) is -4.11. The zero-order valence-corrected chi connectivity index (χ0v) is 19.7. The van der Waals surface area contributed by atoms with Gasteiger partial charge in [0.2, 0.25) is 10.0 Å². The van der Waals surface area contributed by atoms with Gasteiger partial charge in [0.1, 0.15) is 36.1 Å². The molecule has 2 bridgehead atoms. The third kappa shape index (κ3) is 4.28. The molecule has 4 heterocycles. The van der Waals surface area contributed by atoms with Crippen molar-refractivity contribution < 1.29 is 31.1 Å². The molecule has 9 nitrogen and oxygen atoms in total. The molecule has 0 saturated carbocycles. The van der Waals surface area contributed by atoms with E-state index in [0.717, 1.165) is 6.07 Å². The van der Waals surface area contributed by atoms with E-state index >= 15 is 0 Å². The summed E-state index contributed by atoms with van der Waals surface area (Å²) in [4.78, 5) is 13.3. The van der Waals surface area contributed by atoms with E-state index in [4.69, 9.17) is 9.47 Å². The Kier molecular flexibility index (Phi) is 5.61. The van der Waals surface area contributed by atoms with Crippen LogP contribution in [0.5, 0.6) is 11.8 Å². The molecule has 2 aliphatic heterocycles. The Balaban J connectivity index is 1.66. The van der Waals surface area contributed by atoms with Crippen molar-refractivity contribution in [2.24, 2.45) is 0 Å². The second-order valence-electron chi connectivity index (χ2n) is 8.34. The lowest BCUT2D eigenvalue weighted by molar-refractivity contribution is -0.139. The number of nitrogens with one attached hydrogen (secondary N) is 1. The first-order chi connectivity index (χ1) is 16.5. The molecule has 5 rings (SSSR count). The molecule has 2 aliphatic rings. The molecule has 2 aromatic heterocycles. The van der Waals surface area contributed by atoms with E-state index in [0.29, 0.717) is 35.1 Å². The molecule has 35 heavy (non-hydrogen) atoms. The predicted molar refractivity (Wildman–Crippen MR) is 122 cm³/mol. The van der Waals surface area contributed by atoms with Gasteiger partial charge >= 0.3 is 12.2 Å². The van der Waals surface area contributed by atoms with E-state index in [1.165, 1.54) is 10.4 Å². The van der Waals surface area contributed by atoms with E-state index in [1.807, 2.05) is 0 Å². The Morgan fingerprint density at radius 1 is 1.14 bits per heavy atom. The minimum atomic E-state index is -4.60. The first-order valence-electron chi connectivity index (χ1n) is 11.0. The molecular formula is C22H22F3N5O4S. The van der Waals surface area contributed by atoms with Gasteiger partial charge in [0.15, 0.2) is 0 Å². The van der Waals surface area contributed by atoms with Gasteiger partial charge in [0.25, 0.3) is 0 Å². The largest absolute Gasteiger partial charge is 0.489 e. The highest BCUT2D eigenvalue weighted by Gasteiger charge is 2.36. The number of rotatable bonds is 1. The summed E-state index contributed by atoms with van der Waals surface area (Å²) in [5, 5.41) is 3.62. The van der Waals surface area contributed by atoms with Crippen LogP contribution in [0.3, 0.4) is 0 Å². The van der Waals surface area contributed by atoms with Gasteiger partial charge < -0.3 is 14.8 Å². The topological polar surface area (TPSA) is 107 Å². The number of para-hydroxylation sites is 1. The standard InChI is InChI=1S/C22H22F3N5O4S/c1-12-14-5-3-6-16(22(23,24)25)19(14)33-8-9-34-21-28-18-13(2)26-17(11-15(18)20(27-12)29-21)30-7-4-10-35(30,31)32/h3,5-6,11-12H,4,7-10H2,1-2H3,(H,27,28,29)/t12-/m1/s1. The summed E-state index contributed by atoms with van der Waals surface area (Å²) >= 11 is 0. The van der Waals surface area contributed by atoms with Gasteiger partial charge in [-0.2, -0.15) is 23.1 Å². The van der Waals surface area contributed by atoms with Gasteiger partial charge in [0.05, 0.1) is 23.1 Å². The van der Waals surface area contributed by atoms with Crippen LogP contribution < -0.4 is 19.1 Å². The third-order valence-electron chi connectivity index (χ3n) is 5.91. The molecule has 0 spiro atoms. The fraction of sp³-hybridized carbons (Fsp3) is 0.409. The molecule has 0 radical (unpaired) electrons.